The van der Waals surface area contributed by atoms with Gasteiger partial charge in [0.15, 0.2) is 0 Å². The topological polar surface area (TPSA) is 17.1 Å². The Hall–Kier alpha value is 1.83. The van der Waals surface area contributed by atoms with Crippen LogP contribution in [-0.4, -0.2) is 24.4 Å². The fourth-order valence-electron chi connectivity index (χ4n) is 0. The molecule has 0 spiro atoms. The fourth-order valence-corrected chi connectivity index (χ4v) is 0. The van der Waals surface area contributed by atoms with Gasteiger partial charge in [0, 0.05) is 21.7 Å². The quantitative estimate of drug-likeness (QED) is 0.486. The van der Waals surface area contributed by atoms with E-state index in [1.807, 2.05) is 0 Å². The third-order valence-corrected chi connectivity index (χ3v) is 0. The molecule has 0 aromatic carbocycles. The molecule has 4 heavy (non-hydrogen) atoms. The maximum absolute atomic E-state index is 7.88. The molecular formula is H3NiOSbTi. The molecule has 0 aliphatic carbocycles. The maximum Gasteiger partial charge on any atom is 0 e. The van der Waals surface area contributed by atoms with Gasteiger partial charge in [0.1, 0.15) is 0 Å². The molecule has 0 amide bonds. The maximum atomic E-state index is 7.88. The van der Waals surface area contributed by atoms with Crippen LogP contribution in [-0.2, 0) is 41.0 Å². The SMILES string of the molecule is [O]=[Ni].[SbH3].[Ti]. The summed E-state index contributed by atoms with van der Waals surface area (Å²) in [6.07, 6.45) is 0. The number of hydrogen-bond acceptors (Lipinski definition) is 1. The van der Waals surface area contributed by atoms with Crippen molar-refractivity contribution in [3.8, 4) is 0 Å². The Bertz CT molecular complexity index is 8.00. The molecule has 0 unspecified atom stereocenters. The summed E-state index contributed by atoms with van der Waals surface area (Å²) in [7, 11) is 0. The summed E-state index contributed by atoms with van der Waals surface area (Å²) in [4.78, 5) is 0. The normalized spacial score (nSPS) is 1.50. The molecule has 0 heterocycles. The van der Waals surface area contributed by atoms with Crippen LogP contribution < -0.4 is 0 Å². The molecule has 0 aromatic rings. The van der Waals surface area contributed by atoms with E-state index in [9.17, 15) is 0 Å². The summed E-state index contributed by atoms with van der Waals surface area (Å²) >= 11 is 2.62. The molecule has 4 heteroatoms. The minimum atomic E-state index is 0. The second kappa shape index (κ2) is 21.2. The zero-order chi connectivity index (χ0) is 2.00. The van der Waals surface area contributed by atoms with Crippen molar-refractivity contribution in [1.29, 1.82) is 0 Å². The largest absolute Gasteiger partial charge is 0 e. The summed E-state index contributed by atoms with van der Waals surface area (Å²) in [5.74, 6) is 0. The van der Waals surface area contributed by atoms with Gasteiger partial charge in [-0.3, -0.25) is 0 Å². The van der Waals surface area contributed by atoms with Crippen molar-refractivity contribution in [2.75, 3.05) is 0 Å². The summed E-state index contributed by atoms with van der Waals surface area (Å²) in [6.45, 7) is 0. The van der Waals surface area contributed by atoms with Gasteiger partial charge in [0.05, 0.1) is 0 Å². The van der Waals surface area contributed by atoms with Gasteiger partial charge in [-0.05, 0) is 0 Å². The molecule has 28 valence electrons. The molecule has 1 nitrogen and oxygen atoms in total. The van der Waals surface area contributed by atoms with Gasteiger partial charge >= 0.3 is 43.7 Å². The average molecular weight is 247 g/mol. The van der Waals surface area contributed by atoms with E-state index in [4.69, 9.17) is 3.90 Å². The molecule has 0 atom stereocenters. The minimum absolute atomic E-state index is 0. The molecule has 0 rings (SSSR count). The van der Waals surface area contributed by atoms with Gasteiger partial charge < -0.3 is 0 Å². The molecule has 0 fully saturated rings. The monoisotopic (exact) mass is 246 g/mol. The summed E-state index contributed by atoms with van der Waals surface area (Å²) in [5.41, 5.74) is 0. The first-order valence-corrected chi connectivity index (χ1v) is 0.532. The second-order valence-electron chi connectivity index (χ2n) is 0. The van der Waals surface area contributed by atoms with E-state index in [1.165, 1.54) is 0 Å². The molecule has 0 radical (unpaired) electrons. The Morgan fingerprint density at radius 2 is 1.25 bits per heavy atom. The van der Waals surface area contributed by atoms with Gasteiger partial charge in [-0.15, -0.1) is 0 Å². The van der Waals surface area contributed by atoms with Gasteiger partial charge in [-0.2, -0.15) is 0 Å². The Morgan fingerprint density at radius 3 is 1.25 bits per heavy atom. The van der Waals surface area contributed by atoms with Gasteiger partial charge in [-0.25, -0.2) is 0 Å². The van der Waals surface area contributed by atoms with Crippen molar-refractivity contribution in [3.63, 3.8) is 0 Å². The van der Waals surface area contributed by atoms with E-state index < -0.39 is 0 Å². The van der Waals surface area contributed by atoms with E-state index in [2.05, 4.69) is 15.4 Å². The van der Waals surface area contributed by atoms with Crippen LogP contribution in [0.3, 0.4) is 0 Å². The van der Waals surface area contributed by atoms with Crippen molar-refractivity contribution in [3.05, 3.63) is 0 Å². The Kier molecular flexibility index (Phi) is 90.0. The van der Waals surface area contributed by atoms with E-state index >= 15 is 0 Å². The fraction of sp³-hybridized carbons (Fsp3) is 0. The van der Waals surface area contributed by atoms with Crippen LogP contribution in [0.5, 0.6) is 0 Å². The third kappa shape index (κ3) is 9.16. The van der Waals surface area contributed by atoms with E-state index in [0.717, 1.165) is 0 Å². The van der Waals surface area contributed by atoms with E-state index in [-0.39, 0.29) is 46.1 Å². The van der Waals surface area contributed by atoms with Crippen LogP contribution in [0.2, 0.25) is 0 Å². The van der Waals surface area contributed by atoms with Crippen LogP contribution in [0, 0.1) is 0 Å². The van der Waals surface area contributed by atoms with E-state index in [0.29, 0.717) is 0 Å². The van der Waals surface area contributed by atoms with E-state index in [1.54, 1.807) is 0 Å². The predicted molar refractivity (Wildman–Crippen MR) is 10.6 cm³/mol. The molecular weight excluding hydrogens is 244 g/mol. The molecule has 0 N–H and O–H groups in total. The van der Waals surface area contributed by atoms with Crippen LogP contribution in [0.15, 0.2) is 0 Å². The molecule has 0 aromatic heterocycles. The Balaban J connectivity index is -0.00000000500. The molecule has 0 saturated carbocycles. The van der Waals surface area contributed by atoms with Crippen LogP contribution in [0.4, 0.5) is 0 Å². The van der Waals surface area contributed by atoms with Gasteiger partial charge in [0.2, 0.25) is 0 Å². The Labute approximate surface area is 64.8 Å². The number of rotatable bonds is 0. The van der Waals surface area contributed by atoms with Gasteiger partial charge in [-0.1, -0.05) is 0 Å². The molecule has 0 aliphatic rings. The zero-order valence-corrected chi connectivity index (χ0v) is 8.52. The van der Waals surface area contributed by atoms with Crippen molar-refractivity contribution < 1.29 is 41.0 Å². The third-order valence-electron chi connectivity index (χ3n) is 0. The second-order valence-corrected chi connectivity index (χ2v) is 0. The first-order chi connectivity index (χ1) is 1.00. The van der Waals surface area contributed by atoms with Crippen molar-refractivity contribution in [2.24, 2.45) is 0 Å². The van der Waals surface area contributed by atoms with Crippen molar-refractivity contribution in [1.82, 2.24) is 0 Å². The first-order valence-electron chi connectivity index (χ1n) is 0.129. The van der Waals surface area contributed by atoms with Crippen LogP contribution in [0.25, 0.3) is 0 Å². The van der Waals surface area contributed by atoms with Crippen LogP contribution in [0.1, 0.15) is 0 Å². The standard InChI is InChI=1S/Ni.O.Sb.Ti.3H. The summed E-state index contributed by atoms with van der Waals surface area (Å²) in [5, 5.41) is 0. The van der Waals surface area contributed by atoms with Crippen molar-refractivity contribution >= 4 is 24.4 Å². The zero-order valence-electron chi connectivity index (χ0n) is 1.93. The number of hydrogen-bond donors (Lipinski definition) is 0. The van der Waals surface area contributed by atoms with Crippen molar-refractivity contribution in [2.45, 2.75) is 0 Å². The van der Waals surface area contributed by atoms with Gasteiger partial charge in [0.25, 0.3) is 0 Å². The predicted octanol–water partition coefficient (Wildman–Crippen LogP) is -1.31. The molecule has 0 saturated heterocycles. The van der Waals surface area contributed by atoms with Crippen LogP contribution >= 0.6 is 0 Å². The smallest absolute Gasteiger partial charge is 0 e. The first kappa shape index (κ1) is 17.0. The summed E-state index contributed by atoms with van der Waals surface area (Å²) in [6, 6.07) is 0. The summed E-state index contributed by atoms with van der Waals surface area (Å²) < 4.78 is 7.88. The molecule has 0 aliphatic heterocycles. The minimum Gasteiger partial charge on any atom is 0 e. The Morgan fingerprint density at radius 1 is 1.25 bits per heavy atom. The average Bonchev–Trinajstić information content (AvgIpc) is 1.00. The molecule has 0 bridgehead atoms.